The average molecular weight is 251 g/mol. The van der Waals surface area contributed by atoms with E-state index in [1.54, 1.807) is 24.3 Å². The molecule has 0 aromatic heterocycles. The maximum atomic E-state index is 11.2. The molecule has 0 aliphatic carbocycles. The highest BCUT2D eigenvalue weighted by Crippen LogP contribution is 2.03. The molecule has 18 heavy (non-hydrogen) atoms. The molecular formula is C12H13NO5. The molecule has 0 spiro atoms. The van der Waals surface area contributed by atoms with Gasteiger partial charge in [0.2, 0.25) is 0 Å². The van der Waals surface area contributed by atoms with Gasteiger partial charge in [0.1, 0.15) is 6.61 Å². The van der Waals surface area contributed by atoms with Gasteiger partial charge in [0.15, 0.2) is 0 Å². The number of hydroxylamine groups is 2. The van der Waals surface area contributed by atoms with Gasteiger partial charge in [-0.05, 0) is 5.56 Å². The number of imide groups is 1. The number of amides is 2. The van der Waals surface area contributed by atoms with Crippen molar-refractivity contribution in [3.8, 4) is 0 Å². The fourth-order valence-electron chi connectivity index (χ4n) is 1.17. The van der Waals surface area contributed by atoms with Gasteiger partial charge in [-0.1, -0.05) is 30.3 Å². The molecule has 0 saturated carbocycles. The lowest BCUT2D eigenvalue weighted by Crippen LogP contribution is -2.35. The van der Waals surface area contributed by atoms with Crippen LogP contribution in [-0.4, -0.2) is 23.0 Å². The van der Waals surface area contributed by atoms with E-state index < -0.39 is 18.0 Å². The summed E-state index contributed by atoms with van der Waals surface area (Å²) in [5.41, 5.74) is 0.770. The van der Waals surface area contributed by atoms with Gasteiger partial charge >= 0.3 is 6.16 Å². The third-order valence-corrected chi connectivity index (χ3v) is 1.94. The Hall–Kier alpha value is -2.37. The van der Waals surface area contributed by atoms with E-state index in [-0.39, 0.29) is 6.61 Å². The molecule has 1 aromatic carbocycles. The Labute approximate surface area is 104 Å². The van der Waals surface area contributed by atoms with Crippen LogP contribution in [0.4, 0.5) is 4.79 Å². The fraction of sp³-hybridized carbons (Fsp3) is 0.250. The minimum atomic E-state index is -1.11. The fourth-order valence-corrected chi connectivity index (χ4v) is 1.17. The zero-order valence-electron chi connectivity index (χ0n) is 10.1. The number of rotatable bonds is 2. The molecular weight excluding hydrogens is 238 g/mol. The van der Waals surface area contributed by atoms with E-state index in [2.05, 4.69) is 4.84 Å². The van der Waals surface area contributed by atoms with Crippen LogP contribution in [0.2, 0.25) is 0 Å². The molecule has 0 aliphatic rings. The molecule has 2 amide bonds. The van der Waals surface area contributed by atoms with Gasteiger partial charge in [0, 0.05) is 13.8 Å². The molecule has 1 rings (SSSR count). The summed E-state index contributed by atoms with van der Waals surface area (Å²) in [6.45, 7) is 2.21. The highest BCUT2D eigenvalue weighted by atomic mass is 16.8. The van der Waals surface area contributed by atoms with Crippen LogP contribution in [-0.2, 0) is 25.8 Å². The van der Waals surface area contributed by atoms with E-state index in [0.29, 0.717) is 5.06 Å². The van der Waals surface area contributed by atoms with Crippen molar-refractivity contribution < 1.29 is 24.0 Å². The van der Waals surface area contributed by atoms with Gasteiger partial charge in [-0.2, -0.15) is 0 Å². The van der Waals surface area contributed by atoms with Gasteiger partial charge in [0.05, 0.1) is 0 Å². The third kappa shape index (κ3) is 4.25. The Bertz CT molecular complexity index is 429. The van der Waals surface area contributed by atoms with Crippen molar-refractivity contribution in [1.29, 1.82) is 0 Å². The quantitative estimate of drug-likeness (QED) is 0.590. The standard InChI is InChI=1S/C12H13NO5/c1-9(14)13(10(2)15)18-12(16)17-8-11-6-4-3-5-7-11/h3-7H,8H2,1-2H3. The summed E-state index contributed by atoms with van der Waals surface area (Å²) in [6, 6.07) is 8.94. The summed E-state index contributed by atoms with van der Waals surface area (Å²) in [5.74, 6) is -1.39. The first-order chi connectivity index (χ1) is 8.50. The first-order valence-corrected chi connectivity index (χ1v) is 5.20. The van der Waals surface area contributed by atoms with E-state index in [0.717, 1.165) is 19.4 Å². The van der Waals surface area contributed by atoms with Crippen molar-refractivity contribution in [2.45, 2.75) is 20.5 Å². The van der Waals surface area contributed by atoms with Crippen molar-refractivity contribution in [3.05, 3.63) is 35.9 Å². The SMILES string of the molecule is CC(=O)N(OC(=O)OCc1ccccc1)C(C)=O. The van der Waals surface area contributed by atoms with Crippen LogP contribution in [0.25, 0.3) is 0 Å². The van der Waals surface area contributed by atoms with E-state index >= 15 is 0 Å². The molecule has 0 radical (unpaired) electrons. The lowest BCUT2D eigenvalue weighted by molar-refractivity contribution is -0.181. The minimum absolute atomic E-state index is 0.00330. The zero-order chi connectivity index (χ0) is 13.5. The lowest BCUT2D eigenvalue weighted by atomic mass is 10.2. The molecule has 96 valence electrons. The normalized spacial score (nSPS) is 9.44. The molecule has 0 unspecified atom stereocenters. The molecule has 1 aromatic rings. The average Bonchev–Trinajstić information content (AvgIpc) is 2.34. The van der Waals surface area contributed by atoms with E-state index in [9.17, 15) is 14.4 Å². The summed E-state index contributed by atoms with van der Waals surface area (Å²) >= 11 is 0. The van der Waals surface area contributed by atoms with E-state index in [4.69, 9.17) is 4.74 Å². The second kappa shape index (κ2) is 6.39. The number of benzene rings is 1. The van der Waals surface area contributed by atoms with Crippen LogP contribution in [0.5, 0.6) is 0 Å². The van der Waals surface area contributed by atoms with Crippen molar-refractivity contribution in [1.82, 2.24) is 5.06 Å². The summed E-state index contributed by atoms with van der Waals surface area (Å²) < 4.78 is 4.75. The number of ether oxygens (including phenoxy) is 1. The largest absolute Gasteiger partial charge is 0.534 e. The summed E-state index contributed by atoms with van der Waals surface area (Å²) in [5, 5.41) is 0.341. The lowest BCUT2D eigenvalue weighted by Gasteiger charge is -2.14. The molecule has 6 nitrogen and oxygen atoms in total. The topological polar surface area (TPSA) is 72.9 Å². The Balaban J connectivity index is 2.46. The third-order valence-electron chi connectivity index (χ3n) is 1.94. The first kappa shape index (κ1) is 13.7. The van der Waals surface area contributed by atoms with Crippen molar-refractivity contribution in [2.75, 3.05) is 0 Å². The Morgan fingerprint density at radius 3 is 2.11 bits per heavy atom. The Morgan fingerprint density at radius 2 is 1.61 bits per heavy atom. The zero-order valence-corrected chi connectivity index (χ0v) is 10.1. The van der Waals surface area contributed by atoms with Crippen molar-refractivity contribution >= 4 is 18.0 Å². The smallest absolute Gasteiger partial charge is 0.428 e. The molecule has 0 fully saturated rings. The monoisotopic (exact) mass is 251 g/mol. The second-order valence-corrected chi connectivity index (χ2v) is 3.45. The van der Waals surface area contributed by atoms with Crippen LogP contribution in [0, 0.1) is 0 Å². The first-order valence-electron chi connectivity index (χ1n) is 5.20. The van der Waals surface area contributed by atoms with Gasteiger partial charge in [-0.3, -0.25) is 14.4 Å². The molecule has 0 saturated heterocycles. The number of carbonyl (C=O) groups excluding carboxylic acids is 3. The molecule has 0 N–H and O–H groups in total. The van der Waals surface area contributed by atoms with Gasteiger partial charge in [-0.25, -0.2) is 4.79 Å². The summed E-state index contributed by atoms with van der Waals surface area (Å²) in [4.78, 5) is 37.6. The van der Waals surface area contributed by atoms with Crippen molar-refractivity contribution in [3.63, 3.8) is 0 Å². The van der Waals surface area contributed by atoms with Crippen LogP contribution in [0.1, 0.15) is 19.4 Å². The number of carbonyl (C=O) groups is 3. The second-order valence-electron chi connectivity index (χ2n) is 3.45. The van der Waals surface area contributed by atoms with Gasteiger partial charge in [0.25, 0.3) is 11.8 Å². The predicted molar refractivity (Wildman–Crippen MR) is 60.9 cm³/mol. The number of nitrogens with zero attached hydrogens (tertiary/aromatic N) is 1. The number of hydrogen-bond acceptors (Lipinski definition) is 5. The Morgan fingerprint density at radius 1 is 1.06 bits per heavy atom. The molecule has 0 heterocycles. The number of hydrogen-bond donors (Lipinski definition) is 0. The maximum absolute atomic E-state index is 11.2. The molecule has 0 atom stereocenters. The molecule has 0 aliphatic heterocycles. The van der Waals surface area contributed by atoms with Gasteiger partial charge < -0.3 is 4.74 Å². The highest BCUT2D eigenvalue weighted by Gasteiger charge is 2.20. The van der Waals surface area contributed by atoms with Crippen LogP contribution in [0.3, 0.4) is 0 Å². The van der Waals surface area contributed by atoms with E-state index in [1.807, 2.05) is 6.07 Å². The maximum Gasteiger partial charge on any atom is 0.534 e. The summed E-state index contributed by atoms with van der Waals surface area (Å²) in [7, 11) is 0. The van der Waals surface area contributed by atoms with E-state index in [1.165, 1.54) is 0 Å². The van der Waals surface area contributed by atoms with Crippen LogP contribution >= 0.6 is 0 Å². The minimum Gasteiger partial charge on any atom is -0.428 e. The van der Waals surface area contributed by atoms with Crippen LogP contribution in [0.15, 0.2) is 30.3 Å². The summed E-state index contributed by atoms with van der Waals surface area (Å²) in [6.07, 6.45) is -1.11. The predicted octanol–water partition coefficient (Wildman–Crippen LogP) is 1.65. The molecule has 6 heteroatoms. The van der Waals surface area contributed by atoms with Gasteiger partial charge in [-0.15, -0.1) is 5.06 Å². The van der Waals surface area contributed by atoms with Crippen molar-refractivity contribution in [2.24, 2.45) is 0 Å². The Kier molecular flexibility index (Phi) is 4.86. The highest BCUT2D eigenvalue weighted by molar-refractivity contribution is 5.92. The molecule has 0 bridgehead atoms. The van der Waals surface area contributed by atoms with Crippen LogP contribution < -0.4 is 0 Å².